The van der Waals surface area contributed by atoms with E-state index in [-0.39, 0.29) is 17.8 Å². The lowest BCUT2D eigenvalue weighted by molar-refractivity contribution is -0.149. The average Bonchev–Trinajstić information content (AvgIpc) is 3.63. The quantitative estimate of drug-likeness (QED) is 0.168. The Morgan fingerprint density at radius 1 is 1.07 bits per heavy atom. The second-order valence-electron chi connectivity index (χ2n) is 9.68. The first-order valence-electron chi connectivity index (χ1n) is 13.4. The van der Waals surface area contributed by atoms with Gasteiger partial charge in [-0.2, -0.15) is 13.2 Å². The van der Waals surface area contributed by atoms with E-state index in [9.17, 15) is 22.8 Å². The van der Waals surface area contributed by atoms with Crippen molar-refractivity contribution in [2.75, 3.05) is 19.7 Å². The second-order valence-corrected chi connectivity index (χ2v) is 11.6. The molecule has 2 aromatic carbocycles. The number of ether oxygens (including phenoxy) is 1. The standard InChI is InChI=1S/C29H28F3N5O3S2/c1-2-40-27(39)20-11-13-36(14-12-20)26(38)23-17-41-25(33-23)18-42-28-35-34-24(15-19-7-4-3-5-8-19)37(28)22-10-6-9-21(16-22)29(30,31)32/h3-10,16-17,20H,2,11-15,18H2,1H3. The summed E-state index contributed by atoms with van der Waals surface area (Å²) in [6.45, 7) is 3.01. The number of thiazole rings is 1. The summed E-state index contributed by atoms with van der Waals surface area (Å²) in [6.07, 6.45) is -3.01. The minimum Gasteiger partial charge on any atom is -0.466 e. The summed E-state index contributed by atoms with van der Waals surface area (Å²) in [6, 6.07) is 14.6. The van der Waals surface area contributed by atoms with Crippen LogP contribution in [0.15, 0.2) is 65.1 Å². The van der Waals surface area contributed by atoms with Crippen LogP contribution < -0.4 is 0 Å². The first kappa shape index (κ1) is 29.8. The van der Waals surface area contributed by atoms with E-state index in [1.807, 2.05) is 30.3 Å². The molecule has 1 aliphatic heterocycles. The summed E-state index contributed by atoms with van der Waals surface area (Å²) >= 11 is 2.62. The number of benzene rings is 2. The highest BCUT2D eigenvalue weighted by Crippen LogP contribution is 2.33. The smallest absolute Gasteiger partial charge is 0.416 e. The molecule has 0 atom stereocenters. The molecule has 0 spiro atoms. The van der Waals surface area contributed by atoms with Gasteiger partial charge in [-0.25, -0.2) is 4.98 Å². The van der Waals surface area contributed by atoms with Gasteiger partial charge >= 0.3 is 12.1 Å². The molecule has 1 amide bonds. The van der Waals surface area contributed by atoms with E-state index in [2.05, 4.69) is 15.2 Å². The molecule has 0 N–H and O–H groups in total. The Morgan fingerprint density at radius 2 is 1.83 bits per heavy atom. The predicted octanol–water partition coefficient (Wildman–Crippen LogP) is 6.04. The SMILES string of the molecule is CCOC(=O)C1CCN(C(=O)c2csc(CSc3nnc(Cc4ccccc4)n3-c3cccc(C(F)(F)F)c3)n2)CC1. The number of alkyl halides is 3. The summed E-state index contributed by atoms with van der Waals surface area (Å²) in [5.41, 5.74) is 0.826. The number of carbonyl (C=O) groups is 2. The maximum Gasteiger partial charge on any atom is 0.416 e. The molecule has 0 aliphatic carbocycles. The normalized spacial score (nSPS) is 14.2. The van der Waals surface area contributed by atoms with Crippen LogP contribution in [0, 0.1) is 5.92 Å². The predicted molar refractivity (Wildman–Crippen MR) is 153 cm³/mol. The molecule has 1 aliphatic rings. The van der Waals surface area contributed by atoms with Crippen LogP contribution in [0.25, 0.3) is 5.69 Å². The number of thioether (sulfide) groups is 1. The van der Waals surface area contributed by atoms with E-state index < -0.39 is 11.7 Å². The zero-order chi connectivity index (χ0) is 29.7. The summed E-state index contributed by atoms with van der Waals surface area (Å²) in [5.74, 6) is 0.247. The molecule has 5 rings (SSSR count). The molecule has 3 heterocycles. The van der Waals surface area contributed by atoms with Gasteiger partial charge in [-0.1, -0.05) is 48.2 Å². The van der Waals surface area contributed by atoms with Gasteiger partial charge in [-0.05, 0) is 43.5 Å². The molecular formula is C29H28F3N5O3S2. The lowest BCUT2D eigenvalue weighted by atomic mass is 9.97. The van der Waals surface area contributed by atoms with Crippen LogP contribution in [-0.4, -0.2) is 56.2 Å². The number of nitrogens with zero attached hydrogens (tertiary/aromatic N) is 5. The van der Waals surface area contributed by atoms with Crippen molar-refractivity contribution in [1.82, 2.24) is 24.6 Å². The van der Waals surface area contributed by atoms with Crippen LogP contribution in [0.5, 0.6) is 0 Å². The number of likely N-dealkylation sites (tertiary alicyclic amines) is 1. The molecule has 0 unspecified atom stereocenters. The molecule has 0 radical (unpaired) electrons. The summed E-state index contributed by atoms with van der Waals surface area (Å²) in [7, 11) is 0. The maximum absolute atomic E-state index is 13.5. The van der Waals surface area contributed by atoms with Crippen LogP contribution >= 0.6 is 23.1 Å². The fourth-order valence-corrected chi connectivity index (χ4v) is 6.47. The highest BCUT2D eigenvalue weighted by molar-refractivity contribution is 7.98. The molecule has 42 heavy (non-hydrogen) atoms. The number of aromatic nitrogens is 4. The van der Waals surface area contributed by atoms with E-state index in [0.29, 0.717) is 72.1 Å². The van der Waals surface area contributed by atoms with Crippen molar-refractivity contribution in [3.05, 3.63) is 87.6 Å². The zero-order valence-electron chi connectivity index (χ0n) is 22.7. The van der Waals surface area contributed by atoms with E-state index in [1.165, 1.54) is 29.2 Å². The molecular weight excluding hydrogens is 587 g/mol. The van der Waals surface area contributed by atoms with Crippen molar-refractivity contribution < 1.29 is 27.5 Å². The van der Waals surface area contributed by atoms with Gasteiger partial charge < -0.3 is 9.64 Å². The summed E-state index contributed by atoms with van der Waals surface area (Å²) in [4.78, 5) is 31.3. The van der Waals surface area contributed by atoms with Gasteiger partial charge in [-0.3, -0.25) is 14.2 Å². The number of esters is 1. The number of piperidine rings is 1. The van der Waals surface area contributed by atoms with Gasteiger partial charge in [-0.15, -0.1) is 21.5 Å². The zero-order valence-corrected chi connectivity index (χ0v) is 24.3. The van der Waals surface area contributed by atoms with E-state index in [1.54, 1.807) is 27.8 Å². The molecule has 13 heteroatoms. The molecule has 220 valence electrons. The van der Waals surface area contributed by atoms with Gasteiger partial charge in [0, 0.05) is 24.9 Å². The Morgan fingerprint density at radius 3 is 2.55 bits per heavy atom. The van der Waals surface area contributed by atoms with Gasteiger partial charge in [0.2, 0.25) is 0 Å². The third-order valence-electron chi connectivity index (χ3n) is 6.83. The minimum atomic E-state index is -4.49. The van der Waals surface area contributed by atoms with E-state index >= 15 is 0 Å². The third kappa shape index (κ3) is 7.01. The average molecular weight is 616 g/mol. The molecule has 4 aromatic rings. The van der Waals surface area contributed by atoms with Crippen LogP contribution in [-0.2, 0) is 27.9 Å². The Labute approximate surface area is 248 Å². The van der Waals surface area contributed by atoms with Crippen molar-refractivity contribution in [2.24, 2.45) is 5.92 Å². The number of hydrogen-bond acceptors (Lipinski definition) is 8. The third-order valence-corrected chi connectivity index (χ3v) is 8.81. The van der Waals surface area contributed by atoms with Crippen LogP contribution in [0.1, 0.15) is 52.2 Å². The number of hydrogen-bond donors (Lipinski definition) is 0. The fourth-order valence-electron chi connectivity index (χ4n) is 4.71. The van der Waals surface area contributed by atoms with Crippen LogP contribution in [0.3, 0.4) is 0 Å². The van der Waals surface area contributed by atoms with Crippen molar-refractivity contribution in [1.29, 1.82) is 0 Å². The topological polar surface area (TPSA) is 90.2 Å². The highest BCUT2D eigenvalue weighted by atomic mass is 32.2. The van der Waals surface area contributed by atoms with Crippen molar-refractivity contribution >= 4 is 35.0 Å². The Balaban J connectivity index is 1.31. The molecule has 8 nitrogen and oxygen atoms in total. The van der Waals surface area contributed by atoms with Gasteiger partial charge in [0.1, 0.15) is 16.5 Å². The van der Waals surface area contributed by atoms with Crippen LogP contribution in [0.4, 0.5) is 13.2 Å². The first-order chi connectivity index (χ1) is 20.2. The Bertz CT molecular complexity index is 1530. The van der Waals surface area contributed by atoms with Gasteiger partial charge in [0.05, 0.1) is 29.5 Å². The molecule has 1 fully saturated rings. The van der Waals surface area contributed by atoms with Crippen LogP contribution in [0.2, 0.25) is 0 Å². The molecule has 0 saturated carbocycles. The van der Waals surface area contributed by atoms with Crippen molar-refractivity contribution in [3.8, 4) is 5.69 Å². The van der Waals surface area contributed by atoms with Gasteiger partial charge in [0.15, 0.2) is 5.16 Å². The molecule has 1 saturated heterocycles. The first-order valence-corrected chi connectivity index (χ1v) is 15.3. The lowest BCUT2D eigenvalue weighted by Gasteiger charge is -2.30. The summed E-state index contributed by atoms with van der Waals surface area (Å²) < 4.78 is 47.3. The number of halogens is 3. The monoisotopic (exact) mass is 615 g/mol. The number of rotatable bonds is 9. The van der Waals surface area contributed by atoms with E-state index in [4.69, 9.17) is 4.74 Å². The van der Waals surface area contributed by atoms with Crippen molar-refractivity contribution in [3.63, 3.8) is 0 Å². The lowest BCUT2D eigenvalue weighted by Crippen LogP contribution is -2.40. The second kappa shape index (κ2) is 13.1. The van der Waals surface area contributed by atoms with Crippen molar-refractivity contribution in [2.45, 2.75) is 43.3 Å². The molecule has 0 bridgehead atoms. The Kier molecular flexibility index (Phi) is 9.27. The fraction of sp³-hybridized carbons (Fsp3) is 0.345. The largest absolute Gasteiger partial charge is 0.466 e. The molecule has 2 aromatic heterocycles. The van der Waals surface area contributed by atoms with E-state index in [0.717, 1.165) is 17.7 Å². The number of amides is 1. The highest BCUT2D eigenvalue weighted by Gasteiger charge is 2.31. The Hall–Kier alpha value is -3.71. The maximum atomic E-state index is 13.5. The summed E-state index contributed by atoms with van der Waals surface area (Å²) in [5, 5.41) is 11.4. The van der Waals surface area contributed by atoms with Gasteiger partial charge in [0.25, 0.3) is 5.91 Å². The minimum absolute atomic E-state index is 0.193. The number of carbonyl (C=O) groups excluding carboxylic acids is 2.